The minimum atomic E-state index is 0. The molecule has 0 radical (unpaired) electrons. The van der Waals surface area contributed by atoms with Crippen LogP contribution in [0.5, 0.6) is 5.75 Å². The molecule has 0 saturated carbocycles. The first-order chi connectivity index (χ1) is 8.20. The zero-order valence-electron chi connectivity index (χ0n) is 9.61. The van der Waals surface area contributed by atoms with Crippen molar-refractivity contribution < 1.29 is 4.74 Å². The quantitative estimate of drug-likeness (QED) is 0.815. The molecule has 1 N–H and O–H groups in total. The minimum Gasteiger partial charge on any atom is -0.490 e. The van der Waals surface area contributed by atoms with E-state index in [1.54, 1.807) is 0 Å². The van der Waals surface area contributed by atoms with Gasteiger partial charge >= 0.3 is 0 Å². The fourth-order valence-electron chi connectivity index (χ4n) is 2.45. The summed E-state index contributed by atoms with van der Waals surface area (Å²) in [7, 11) is 0. The van der Waals surface area contributed by atoms with Crippen LogP contribution in [0.3, 0.4) is 0 Å². The van der Waals surface area contributed by atoms with Crippen LogP contribution in [-0.4, -0.2) is 18.2 Å². The summed E-state index contributed by atoms with van der Waals surface area (Å²) in [6.07, 6.45) is 6.84. The lowest BCUT2D eigenvalue weighted by molar-refractivity contribution is 0.142. The van der Waals surface area contributed by atoms with E-state index in [9.17, 15) is 0 Å². The minimum absolute atomic E-state index is 0. The highest BCUT2D eigenvalue weighted by Gasteiger charge is 2.30. The van der Waals surface area contributed by atoms with Gasteiger partial charge in [-0.05, 0) is 34.1 Å². The maximum Gasteiger partial charge on any atom is 0.120 e. The monoisotopic (exact) mass is 349 g/mol. The topological polar surface area (TPSA) is 21.3 Å². The molecule has 18 heavy (non-hydrogen) atoms. The highest BCUT2D eigenvalue weighted by Crippen LogP contribution is 2.30. The third kappa shape index (κ3) is 3.02. The van der Waals surface area contributed by atoms with Crippen LogP contribution in [0, 0.1) is 0 Å². The summed E-state index contributed by atoms with van der Waals surface area (Å²) in [5.74, 6) is 0.882. The van der Waals surface area contributed by atoms with E-state index < -0.39 is 0 Å². The Morgan fingerprint density at radius 2 is 1.89 bits per heavy atom. The Balaban J connectivity index is 0.00000120. The van der Waals surface area contributed by atoms with Gasteiger partial charge in [0.05, 0.1) is 5.02 Å². The lowest BCUT2D eigenvalue weighted by Gasteiger charge is -2.29. The summed E-state index contributed by atoms with van der Waals surface area (Å²) in [4.78, 5) is 0. The van der Waals surface area contributed by atoms with Crippen LogP contribution in [-0.2, 0) is 0 Å². The van der Waals surface area contributed by atoms with Crippen LogP contribution in [0.25, 0.3) is 0 Å². The van der Waals surface area contributed by atoms with Gasteiger partial charge in [-0.3, -0.25) is 0 Å². The molecule has 0 spiro atoms. The van der Waals surface area contributed by atoms with Gasteiger partial charge in [0.1, 0.15) is 11.9 Å². The first kappa shape index (κ1) is 14.2. The predicted molar refractivity (Wildman–Crippen MR) is 79.9 cm³/mol. The Morgan fingerprint density at radius 3 is 2.50 bits per heavy atom. The van der Waals surface area contributed by atoms with E-state index in [0.29, 0.717) is 17.1 Å². The molecule has 0 amide bonds. The number of ether oxygens (including phenoxy) is 1. The van der Waals surface area contributed by atoms with Gasteiger partial charge in [-0.25, -0.2) is 0 Å². The summed E-state index contributed by atoms with van der Waals surface area (Å²) < 4.78 is 6.88. The van der Waals surface area contributed by atoms with Crippen molar-refractivity contribution >= 4 is 39.9 Å². The summed E-state index contributed by atoms with van der Waals surface area (Å²) >= 11 is 9.37. The fourth-order valence-corrected chi connectivity index (χ4v) is 2.92. The van der Waals surface area contributed by atoms with E-state index in [1.807, 2.05) is 18.2 Å². The Morgan fingerprint density at radius 1 is 1.22 bits per heavy atom. The van der Waals surface area contributed by atoms with Gasteiger partial charge in [-0.1, -0.05) is 23.8 Å². The first-order valence-corrected chi connectivity index (χ1v) is 6.94. The van der Waals surface area contributed by atoms with Crippen molar-refractivity contribution in [1.82, 2.24) is 5.32 Å². The van der Waals surface area contributed by atoms with Gasteiger partial charge in [-0.2, -0.15) is 0 Å². The van der Waals surface area contributed by atoms with Crippen molar-refractivity contribution in [3.8, 4) is 5.75 Å². The smallest absolute Gasteiger partial charge is 0.120 e. The van der Waals surface area contributed by atoms with Crippen LogP contribution in [0.2, 0.25) is 5.02 Å². The molecular formula is C13H14BrCl2NO. The molecule has 1 aromatic carbocycles. The molecule has 2 nitrogen and oxygen atoms in total. The number of fused-ring (bicyclic) bond motifs is 2. The van der Waals surface area contributed by atoms with E-state index in [0.717, 1.165) is 23.1 Å². The van der Waals surface area contributed by atoms with E-state index >= 15 is 0 Å². The number of hydrogen-bond donors (Lipinski definition) is 1. The number of hydrogen-bond acceptors (Lipinski definition) is 2. The molecule has 3 rings (SSSR count). The normalized spacial score (nSPS) is 28.9. The fraction of sp³-hybridized carbons (Fsp3) is 0.385. The Kier molecular flexibility index (Phi) is 4.59. The van der Waals surface area contributed by atoms with E-state index in [4.69, 9.17) is 16.3 Å². The van der Waals surface area contributed by atoms with Crippen LogP contribution in [0.4, 0.5) is 0 Å². The molecule has 1 aromatic rings. The summed E-state index contributed by atoms with van der Waals surface area (Å²) in [6.45, 7) is 0. The molecule has 98 valence electrons. The van der Waals surface area contributed by atoms with Gasteiger partial charge in [0.15, 0.2) is 0 Å². The molecule has 0 aliphatic carbocycles. The summed E-state index contributed by atoms with van der Waals surface area (Å²) in [5, 5.41) is 4.22. The predicted octanol–water partition coefficient (Wildman–Crippen LogP) is 3.96. The molecule has 2 bridgehead atoms. The maximum absolute atomic E-state index is 6.00. The lowest BCUT2D eigenvalue weighted by Crippen LogP contribution is -2.43. The van der Waals surface area contributed by atoms with E-state index in [1.165, 1.54) is 0 Å². The summed E-state index contributed by atoms with van der Waals surface area (Å²) in [6, 6.07) is 6.67. The van der Waals surface area contributed by atoms with Crippen molar-refractivity contribution in [1.29, 1.82) is 0 Å². The zero-order valence-corrected chi connectivity index (χ0v) is 12.8. The third-order valence-corrected chi connectivity index (χ3v) is 4.45. The van der Waals surface area contributed by atoms with Gasteiger partial charge in [-0.15, -0.1) is 12.4 Å². The second-order valence-corrected chi connectivity index (χ2v) is 5.81. The average Bonchev–Trinajstić information content (AvgIpc) is 2.64. The number of benzene rings is 1. The van der Waals surface area contributed by atoms with Crippen molar-refractivity contribution in [2.45, 2.75) is 31.0 Å². The van der Waals surface area contributed by atoms with Crippen molar-refractivity contribution in [3.63, 3.8) is 0 Å². The Labute approximate surface area is 126 Å². The number of rotatable bonds is 2. The highest BCUT2D eigenvalue weighted by atomic mass is 79.9. The molecule has 2 atom stereocenters. The van der Waals surface area contributed by atoms with Gasteiger partial charge in [0.25, 0.3) is 0 Å². The SMILES string of the molecule is Cl.Clc1ccc(OC2CC3C=CC(C2)N3)cc1Br. The van der Waals surface area contributed by atoms with Crippen molar-refractivity contribution in [2.75, 3.05) is 0 Å². The van der Waals surface area contributed by atoms with Crippen LogP contribution < -0.4 is 10.1 Å². The third-order valence-electron chi connectivity index (χ3n) is 3.23. The average molecular weight is 351 g/mol. The lowest BCUT2D eigenvalue weighted by atomic mass is 10.0. The molecule has 0 aromatic heterocycles. The molecule has 2 aliphatic heterocycles. The largest absolute Gasteiger partial charge is 0.490 e. The van der Waals surface area contributed by atoms with E-state index in [2.05, 4.69) is 33.4 Å². The number of nitrogens with one attached hydrogen (secondary N) is 1. The van der Waals surface area contributed by atoms with Crippen LogP contribution in [0.15, 0.2) is 34.8 Å². The first-order valence-electron chi connectivity index (χ1n) is 5.77. The number of piperidine rings is 1. The van der Waals surface area contributed by atoms with Crippen molar-refractivity contribution in [3.05, 3.63) is 39.8 Å². The molecular weight excluding hydrogens is 337 g/mol. The van der Waals surface area contributed by atoms with Crippen LogP contribution in [0.1, 0.15) is 12.8 Å². The van der Waals surface area contributed by atoms with Crippen LogP contribution >= 0.6 is 39.9 Å². The van der Waals surface area contributed by atoms with Gasteiger partial charge in [0.2, 0.25) is 0 Å². The number of halogens is 3. The molecule has 1 fully saturated rings. The van der Waals surface area contributed by atoms with Gasteiger partial charge in [0, 0.05) is 29.4 Å². The maximum atomic E-state index is 6.00. The van der Waals surface area contributed by atoms with Crippen molar-refractivity contribution in [2.24, 2.45) is 0 Å². The summed E-state index contributed by atoms with van der Waals surface area (Å²) in [5.41, 5.74) is 0. The molecule has 2 unspecified atom stereocenters. The second-order valence-electron chi connectivity index (χ2n) is 4.55. The molecule has 2 heterocycles. The zero-order chi connectivity index (χ0) is 11.8. The Hall–Kier alpha value is -0.220. The second kappa shape index (κ2) is 5.83. The Bertz CT molecular complexity index is 452. The standard InChI is InChI=1S/C13H13BrClNO.ClH/c14-12-7-10(3-4-13(12)15)17-11-5-8-1-2-9(6-11)16-8;/h1-4,7-9,11,16H,5-6H2;1H. The van der Waals surface area contributed by atoms with Gasteiger partial charge < -0.3 is 10.1 Å². The highest BCUT2D eigenvalue weighted by molar-refractivity contribution is 9.10. The molecule has 2 aliphatic rings. The van der Waals surface area contributed by atoms with E-state index in [-0.39, 0.29) is 18.5 Å². The molecule has 5 heteroatoms. The molecule has 1 saturated heterocycles.